The van der Waals surface area contributed by atoms with Crippen LogP contribution in [0.15, 0.2) is 35.4 Å². The van der Waals surface area contributed by atoms with Crippen LogP contribution in [-0.2, 0) is 4.74 Å². The van der Waals surface area contributed by atoms with Crippen molar-refractivity contribution in [1.29, 1.82) is 0 Å². The lowest BCUT2D eigenvalue weighted by Gasteiger charge is -2.27. The molecule has 0 saturated carbocycles. The molecule has 0 N–H and O–H groups in total. The lowest BCUT2D eigenvalue weighted by Crippen LogP contribution is -2.33. The highest BCUT2D eigenvalue weighted by molar-refractivity contribution is 7.98. The molecule has 2 aromatic heterocycles. The predicted molar refractivity (Wildman–Crippen MR) is 130 cm³/mol. The average Bonchev–Trinajstić information content (AvgIpc) is 3.40. The Bertz CT molecular complexity index is 1030. The average molecular weight is 440 g/mol. The molecule has 3 aromatic rings. The van der Waals surface area contributed by atoms with Gasteiger partial charge in [-0.25, -0.2) is 4.52 Å². The van der Waals surface area contributed by atoms with E-state index in [1.165, 1.54) is 22.4 Å². The van der Waals surface area contributed by atoms with Gasteiger partial charge in [0.1, 0.15) is 10.8 Å². The Balaban J connectivity index is 1.85. The third-order valence-corrected chi connectivity index (χ3v) is 6.71. The van der Waals surface area contributed by atoms with Crippen LogP contribution in [0.25, 0.3) is 16.8 Å². The van der Waals surface area contributed by atoms with E-state index in [9.17, 15) is 0 Å². The number of benzene rings is 1. The van der Waals surface area contributed by atoms with Crippen LogP contribution in [0.1, 0.15) is 37.3 Å². The molecular formula is C25H33N3O2S. The summed E-state index contributed by atoms with van der Waals surface area (Å²) in [7, 11) is 1.72. The van der Waals surface area contributed by atoms with E-state index in [2.05, 4.69) is 66.8 Å². The van der Waals surface area contributed by atoms with Crippen LogP contribution in [0.5, 0.6) is 5.75 Å². The molecule has 1 unspecified atom stereocenters. The molecule has 0 spiro atoms. The number of ether oxygens (including phenoxy) is 2. The van der Waals surface area contributed by atoms with Gasteiger partial charge in [-0.15, -0.1) is 11.8 Å². The van der Waals surface area contributed by atoms with Crippen LogP contribution >= 0.6 is 11.8 Å². The molecule has 3 heterocycles. The molecule has 1 atom stereocenters. The zero-order chi connectivity index (χ0) is 22.0. The number of pyridine rings is 1. The quantitative estimate of drug-likeness (QED) is 0.418. The van der Waals surface area contributed by atoms with Gasteiger partial charge in [-0.3, -0.25) is 0 Å². The number of rotatable bonds is 8. The Hall–Kier alpha value is -2.18. The molecule has 1 aromatic carbocycles. The molecule has 31 heavy (non-hydrogen) atoms. The van der Waals surface area contributed by atoms with Crippen molar-refractivity contribution in [3.05, 3.63) is 41.5 Å². The van der Waals surface area contributed by atoms with Gasteiger partial charge in [0.15, 0.2) is 0 Å². The molecule has 0 radical (unpaired) electrons. The van der Waals surface area contributed by atoms with E-state index < -0.39 is 0 Å². The maximum atomic E-state index is 5.97. The van der Waals surface area contributed by atoms with Crippen LogP contribution < -0.4 is 9.64 Å². The third kappa shape index (κ3) is 4.28. The Morgan fingerprint density at radius 3 is 2.65 bits per heavy atom. The highest BCUT2D eigenvalue weighted by Crippen LogP contribution is 2.38. The minimum absolute atomic E-state index is 0.311. The first-order valence-electron chi connectivity index (χ1n) is 11.1. The van der Waals surface area contributed by atoms with Gasteiger partial charge in [0.25, 0.3) is 0 Å². The van der Waals surface area contributed by atoms with Crippen molar-refractivity contribution in [2.24, 2.45) is 0 Å². The molecule has 4 rings (SSSR count). The number of aryl methyl sites for hydroxylation is 2. The van der Waals surface area contributed by atoms with E-state index in [1.807, 2.05) is 0 Å². The van der Waals surface area contributed by atoms with Gasteiger partial charge in [-0.2, -0.15) is 5.10 Å². The minimum atomic E-state index is 0.311. The second-order valence-electron chi connectivity index (χ2n) is 8.28. The predicted octanol–water partition coefficient (Wildman–Crippen LogP) is 5.74. The van der Waals surface area contributed by atoms with E-state index in [4.69, 9.17) is 14.6 Å². The van der Waals surface area contributed by atoms with Crippen molar-refractivity contribution in [2.75, 3.05) is 38.0 Å². The summed E-state index contributed by atoms with van der Waals surface area (Å²) in [5.41, 5.74) is 7.10. The smallest absolute Gasteiger partial charge is 0.142 e. The summed E-state index contributed by atoms with van der Waals surface area (Å²) in [6.45, 7) is 9.33. The second kappa shape index (κ2) is 9.53. The van der Waals surface area contributed by atoms with Crippen molar-refractivity contribution in [3.8, 4) is 17.0 Å². The van der Waals surface area contributed by atoms with Gasteiger partial charge in [-0.1, -0.05) is 13.0 Å². The van der Waals surface area contributed by atoms with Crippen LogP contribution in [0, 0.1) is 13.8 Å². The molecule has 1 fully saturated rings. The maximum Gasteiger partial charge on any atom is 0.142 e. The topological polar surface area (TPSA) is 39.0 Å². The van der Waals surface area contributed by atoms with Crippen molar-refractivity contribution in [2.45, 2.75) is 51.2 Å². The minimum Gasteiger partial charge on any atom is -0.497 e. The summed E-state index contributed by atoms with van der Waals surface area (Å²) in [5.74, 6) is 0.891. The highest BCUT2D eigenvalue weighted by atomic mass is 32.2. The molecule has 0 bridgehead atoms. The normalized spacial score (nSPS) is 16.2. The van der Waals surface area contributed by atoms with Crippen LogP contribution in [-0.4, -0.2) is 48.8 Å². The van der Waals surface area contributed by atoms with Gasteiger partial charge in [0.05, 0.1) is 30.1 Å². The zero-order valence-electron chi connectivity index (χ0n) is 19.3. The van der Waals surface area contributed by atoms with Gasteiger partial charge >= 0.3 is 0 Å². The van der Waals surface area contributed by atoms with E-state index in [-0.39, 0.29) is 0 Å². The Labute approximate surface area is 189 Å². The van der Waals surface area contributed by atoms with Gasteiger partial charge in [0, 0.05) is 25.3 Å². The highest BCUT2D eigenvalue weighted by Gasteiger charge is 2.25. The van der Waals surface area contributed by atoms with E-state index in [1.54, 1.807) is 18.9 Å². The summed E-state index contributed by atoms with van der Waals surface area (Å²) in [6, 6.07) is 10.7. The summed E-state index contributed by atoms with van der Waals surface area (Å²) in [4.78, 5) is 2.49. The molecule has 0 amide bonds. The molecular weight excluding hydrogens is 406 g/mol. The molecule has 0 aliphatic carbocycles. The number of anilines is 1. The molecule has 166 valence electrons. The van der Waals surface area contributed by atoms with Crippen LogP contribution in [0.3, 0.4) is 0 Å². The Morgan fingerprint density at radius 1 is 1.26 bits per heavy atom. The number of hydrogen-bond acceptors (Lipinski definition) is 5. The molecule has 1 aliphatic heterocycles. The number of thioether (sulfide) groups is 1. The lowest BCUT2D eigenvalue weighted by molar-refractivity contribution is 0.115. The van der Waals surface area contributed by atoms with E-state index in [0.717, 1.165) is 60.9 Å². The van der Waals surface area contributed by atoms with Crippen LogP contribution in [0.4, 0.5) is 5.69 Å². The summed E-state index contributed by atoms with van der Waals surface area (Å²) >= 11 is 1.72. The number of aromatic nitrogens is 2. The molecule has 5 nitrogen and oxygen atoms in total. The zero-order valence-corrected chi connectivity index (χ0v) is 20.1. The fraction of sp³-hybridized carbons (Fsp3) is 0.480. The second-order valence-corrected chi connectivity index (χ2v) is 9.08. The summed E-state index contributed by atoms with van der Waals surface area (Å²) < 4.78 is 13.6. The SMILES string of the molecule is CCCN(CC1CCCO1)c1c(SC)nn2c(-c3c(C)cc(OC)cc3C)cccc12. The summed E-state index contributed by atoms with van der Waals surface area (Å²) in [6.07, 6.45) is 5.82. The fourth-order valence-electron chi connectivity index (χ4n) is 4.70. The van der Waals surface area contributed by atoms with Crippen molar-refractivity contribution in [1.82, 2.24) is 9.61 Å². The fourth-order valence-corrected chi connectivity index (χ4v) is 5.29. The van der Waals surface area contributed by atoms with Gasteiger partial charge in [-0.05, 0) is 74.8 Å². The number of fused-ring (bicyclic) bond motifs is 1. The number of hydrogen-bond donors (Lipinski definition) is 0. The molecule has 1 aliphatic rings. The largest absolute Gasteiger partial charge is 0.497 e. The van der Waals surface area contributed by atoms with Crippen LogP contribution in [0.2, 0.25) is 0 Å². The Morgan fingerprint density at radius 2 is 2.03 bits per heavy atom. The first kappa shape index (κ1) is 22.0. The lowest BCUT2D eigenvalue weighted by atomic mass is 9.99. The van der Waals surface area contributed by atoms with Crippen molar-refractivity contribution < 1.29 is 9.47 Å². The van der Waals surface area contributed by atoms with E-state index >= 15 is 0 Å². The third-order valence-electron chi connectivity index (χ3n) is 6.05. The Kier molecular flexibility index (Phi) is 6.77. The number of methoxy groups -OCH3 is 1. The summed E-state index contributed by atoms with van der Waals surface area (Å²) in [5, 5.41) is 6.15. The molecule has 1 saturated heterocycles. The molecule has 6 heteroatoms. The first-order valence-corrected chi connectivity index (χ1v) is 12.4. The standard InChI is InChI=1S/C25H33N3O2S/c1-6-12-27(16-19-9-8-13-30-19)24-22-11-7-10-21(28(22)26-25(24)31-5)23-17(2)14-20(29-4)15-18(23)3/h7,10-11,14-15,19H,6,8-9,12-13,16H2,1-5H3. The van der Waals surface area contributed by atoms with E-state index in [0.29, 0.717) is 6.10 Å². The van der Waals surface area contributed by atoms with Crippen molar-refractivity contribution >= 4 is 23.0 Å². The maximum absolute atomic E-state index is 5.97. The monoisotopic (exact) mass is 439 g/mol. The first-order chi connectivity index (χ1) is 15.1. The van der Waals surface area contributed by atoms with Crippen molar-refractivity contribution in [3.63, 3.8) is 0 Å². The van der Waals surface area contributed by atoms with Gasteiger partial charge < -0.3 is 14.4 Å². The van der Waals surface area contributed by atoms with Gasteiger partial charge in [0.2, 0.25) is 0 Å². The number of nitrogens with zero attached hydrogens (tertiary/aromatic N) is 3.